The maximum absolute atomic E-state index is 7.63. The lowest BCUT2D eigenvalue weighted by Crippen LogP contribution is -2.46. The van der Waals surface area contributed by atoms with Crippen LogP contribution in [-0.4, -0.2) is 48.9 Å². The van der Waals surface area contributed by atoms with Crippen LogP contribution in [0.3, 0.4) is 0 Å². The predicted molar refractivity (Wildman–Crippen MR) is 74.2 cm³/mol. The van der Waals surface area contributed by atoms with Crippen LogP contribution in [0.4, 0.5) is 5.82 Å². The van der Waals surface area contributed by atoms with E-state index in [2.05, 4.69) is 28.9 Å². The van der Waals surface area contributed by atoms with Gasteiger partial charge in [-0.25, -0.2) is 4.98 Å². The van der Waals surface area contributed by atoms with Crippen molar-refractivity contribution in [3.05, 3.63) is 23.9 Å². The summed E-state index contributed by atoms with van der Waals surface area (Å²) in [5, 5.41) is 7.63. The van der Waals surface area contributed by atoms with Gasteiger partial charge in [0, 0.05) is 25.3 Å². The molecule has 98 valence electrons. The molecule has 2 rings (SSSR count). The molecule has 1 fully saturated rings. The van der Waals surface area contributed by atoms with Gasteiger partial charge in [-0.05, 0) is 39.1 Å². The van der Waals surface area contributed by atoms with Crippen molar-refractivity contribution in [3.8, 4) is 0 Å². The quantitative estimate of drug-likeness (QED) is 0.615. The van der Waals surface area contributed by atoms with E-state index in [0.29, 0.717) is 6.04 Å². The van der Waals surface area contributed by atoms with E-state index in [1.165, 1.54) is 6.42 Å². The molecule has 1 aliphatic rings. The van der Waals surface area contributed by atoms with Crippen LogP contribution in [-0.2, 0) is 0 Å². The number of nitrogens with two attached hydrogens (primary N) is 1. The molecule has 1 saturated heterocycles. The second-order valence-electron chi connectivity index (χ2n) is 4.99. The minimum Gasteiger partial charge on any atom is -0.384 e. The minimum absolute atomic E-state index is 0.0880. The fourth-order valence-electron chi connectivity index (χ4n) is 2.43. The average Bonchev–Trinajstić information content (AvgIpc) is 2.39. The summed E-state index contributed by atoms with van der Waals surface area (Å²) in [6, 6.07) is 4.23. The molecular formula is C13H21N5. The van der Waals surface area contributed by atoms with Crippen molar-refractivity contribution in [1.29, 1.82) is 5.41 Å². The third-order valence-electron chi connectivity index (χ3n) is 3.50. The smallest absolute Gasteiger partial charge is 0.139 e. The van der Waals surface area contributed by atoms with Crippen LogP contribution < -0.4 is 10.6 Å². The van der Waals surface area contributed by atoms with Crippen LogP contribution in [0.15, 0.2) is 18.3 Å². The molecule has 0 radical (unpaired) electrons. The van der Waals surface area contributed by atoms with Crippen LogP contribution >= 0.6 is 0 Å². The molecule has 0 aromatic carbocycles. The average molecular weight is 247 g/mol. The summed E-state index contributed by atoms with van der Waals surface area (Å²) < 4.78 is 0. The van der Waals surface area contributed by atoms with Gasteiger partial charge in [0.15, 0.2) is 0 Å². The minimum atomic E-state index is 0.0880. The Hall–Kier alpha value is -1.62. The Morgan fingerprint density at radius 1 is 1.56 bits per heavy atom. The van der Waals surface area contributed by atoms with Gasteiger partial charge in [0.2, 0.25) is 0 Å². The van der Waals surface area contributed by atoms with Crippen molar-refractivity contribution in [1.82, 2.24) is 9.88 Å². The molecule has 0 bridgehead atoms. The highest BCUT2D eigenvalue weighted by Crippen LogP contribution is 2.22. The number of rotatable bonds is 3. The van der Waals surface area contributed by atoms with Gasteiger partial charge in [-0.2, -0.15) is 0 Å². The SMILES string of the molecule is CN(C)C1CCCN(c2ncccc2C(=N)N)C1. The van der Waals surface area contributed by atoms with Gasteiger partial charge in [-0.15, -0.1) is 0 Å². The van der Waals surface area contributed by atoms with Crippen molar-refractivity contribution in [2.75, 3.05) is 32.1 Å². The van der Waals surface area contributed by atoms with Gasteiger partial charge in [-0.3, -0.25) is 5.41 Å². The molecule has 0 spiro atoms. The van der Waals surface area contributed by atoms with Crippen LogP contribution in [0.5, 0.6) is 0 Å². The molecule has 5 heteroatoms. The van der Waals surface area contributed by atoms with E-state index in [1.807, 2.05) is 12.1 Å². The lowest BCUT2D eigenvalue weighted by molar-refractivity contribution is 0.257. The maximum atomic E-state index is 7.63. The third kappa shape index (κ3) is 2.61. The molecule has 3 N–H and O–H groups in total. The first-order valence-corrected chi connectivity index (χ1v) is 6.30. The molecule has 0 saturated carbocycles. The highest BCUT2D eigenvalue weighted by Gasteiger charge is 2.24. The fraction of sp³-hybridized carbons (Fsp3) is 0.538. The number of anilines is 1. The summed E-state index contributed by atoms with van der Waals surface area (Å²) in [7, 11) is 4.22. The first-order chi connectivity index (χ1) is 8.59. The first kappa shape index (κ1) is 12.8. The highest BCUT2D eigenvalue weighted by atomic mass is 15.2. The molecule has 2 heterocycles. The van der Waals surface area contributed by atoms with E-state index >= 15 is 0 Å². The summed E-state index contributed by atoms with van der Waals surface area (Å²) in [4.78, 5) is 8.90. The number of nitrogens with zero attached hydrogens (tertiary/aromatic N) is 3. The van der Waals surface area contributed by atoms with Gasteiger partial charge in [0.25, 0.3) is 0 Å². The largest absolute Gasteiger partial charge is 0.384 e. The monoisotopic (exact) mass is 247 g/mol. The summed E-state index contributed by atoms with van der Waals surface area (Å²) in [5.74, 6) is 0.932. The van der Waals surface area contributed by atoms with Gasteiger partial charge >= 0.3 is 0 Å². The highest BCUT2D eigenvalue weighted by molar-refractivity contribution is 5.99. The Morgan fingerprint density at radius 2 is 2.33 bits per heavy atom. The molecular weight excluding hydrogens is 226 g/mol. The fourth-order valence-corrected chi connectivity index (χ4v) is 2.43. The zero-order valence-electron chi connectivity index (χ0n) is 11.1. The molecule has 0 aliphatic carbocycles. The normalized spacial score (nSPS) is 20.2. The Bertz CT molecular complexity index is 429. The number of likely N-dealkylation sites (N-methyl/N-ethyl adjacent to an activating group) is 1. The number of nitrogen functional groups attached to an aromatic ring is 1. The third-order valence-corrected chi connectivity index (χ3v) is 3.50. The number of aromatic nitrogens is 1. The molecule has 18 heavy (non-hydrogen) atoms. The number of amidine groups is 1. The molecule has 1 aromatic rings. The van der Waals surface area contributed by atoms with Crippen molar-refractivity contribution in [2.45, 2.75) is 18.9 Å². The van der Waals surface area contributed by atoms with E-state index in [-0.39, 0.29) is 5.84 Å². The molecule has 1 unspecified atom stereocenters. The van der Waals surface area contributed by atoms with E-state index in [4.69, 9.17) is 11.1 Å². The van der Waals surface area contributed by atoms with Crippen LogP contribution in [0.1, 0.15) is 18.4 Å². The summed E-state index contributed by atoms with van der Waals surface area (Å²) >= 11 is 0. The second kappa shape index (κ2) is 5.35. The maximum Gasteiger partial charge on any atom is 0.139 e. The Morgan fingerprint density at radius 3 is 3.00 bits per heavy atom. The van der Waals surface area contributed by atoms with Crippen molar-refractivity contribution < 1.29 is 0 Å². The number of pyridine rings is 1. The molecule has 0 amide bonds. The number of nitrogens with one attached hydrogen (secondary N) is 1. The van der Waals surface area contributed by atoms with Crippen LogP contribution in [0.2, 0.25) is 0 Å². The second-order valence-corrected chi connectivity index (χ2v) is 4.99. The summed E-state index contributed by atoms with van der Waals surface area (Å²) in [6.45, 7) is 1.94. The summed E-state index contributed by atoms with van der Waals surface area (Å²) in [6.07, 6.45) is 4.13. The van der Waals surface area contributed by atoms with Gasteiger partial charge < -0.3 is 15.5 Å². The van der Waals surface area contributed by atoms with Crippen molar-refractivity contribution in [3.63, 3.8) is 0 Å². The predicted octanol–water partition coefficient (Wildman–Crippen LogP) is 0.896. The van der Waals surface area contributed by atoms with Gasteiger partial charge in [0.1, 0.15) is 11.7 Å². The number of hydrogen-bond acceptors (Lipinski definition) is 4. The van der Waals surface area contributed by atoms with Crippen molar-refractivity contribution >= 4 is 11.7 Å². The van der Waals surface area contributed by atoms with Crippen LogP contribution in [0, 0.1) is 5.41 Å². The van der Waals surface area contributed by atoms with E-state index < -0.39 is 0 Å². The Balaban J connectivity index is 2.23. The van der Waals surface area contributed by atoms with E-state index in [0.717, 1.165) is 30.9 Å². The summed E-state index contributed by atoms with van der Waals surface area (Å²) in [5.41, 5.74) is 6.36. The van der Waals surface area contributed by atoms with Gasteiger partial charge in [0.05, 0.1) is 5.56 Å². The number of hydrogen-bond donors (Lipinski definition) is 2. The van der Waals surface area contributed by atoms with E-state index in [1.54, 1.807) is 6.20 Å². The zero-order chi connectivity index (χ0) is 13.1. The van der Waals surface area contributed by atoms with Gasteiger partial charge in [-0.1, -0.05) is 0 Å². The first-order valence-electron chi connectivity index (χ1n) is 6.30. The molecule has 1 aromatic heterocycles. The van der Waals surface area contributed by atoms with Crippen LogP contribution in [0.25, 0.3) is 0 Å². The molecule has 1 aliphatic heterocycles. The Labute approximate surface area is 108 Å². The Kier molecular flexibility index (Phi) is 3.81. The lowest BCUT2D eigenvalue weighted by Gasteiger charge is -2.37. The van der Waals surface area contributed by atoms with Crippen molar-refractivity contribution in [2.24, 2.45) is 5.73 Å². The lowest BCUT2D eigenvalue weighted by atomic mass is 10.0. The molecule has 1 atom stereocenters. The molecule has 5 nitrogen and oxygen atoms in total. The zero-order valence-corrected chi connectivity index (χ0v) is 11.1. The number of piperidine rings is 1. The van der Waals surface area contributed by atoms with E-state index in [9.17, 15) is 0 Å². The standard InChI is InChI=1S/C13H21N5/c1-17(2)10-5-4-8-18(9-10)13-11(12(14)15)6-3-7-16-13/h3,6-7,10H,4-5,8-9H2,1-2H3,(H3,14,15). The topological polar surface area (TPSA) is 69.2 Å².